The summed E-state index contributed by atoms with van der Waals surface area (Å²) in [6, 6.07) is 5.71. The molecule has 4 rings (SSSR count). The molecule has 0 saturated heterocycles. The highest BCUT2D eigenvalue weighted by molar-refractivity contribution is 5.56. The summed E-state index contributed by atoms with van der Waals surface area (Å²) in [6.07, 6.45) is 3.42. The Hall–Kier alpha value is -3.23. The average molecular weight is 414 g/mol. The van der Waals surface area contributed by atoms with E-state index in [9.17, 15) is 14.0 Å². The van der Waals surface area contributed by atoms with Gasteiger partial charge >= 0.3 is 5.69 Å². The molecule has 1 aliphatic heterocycles. The number of aromatic nitrogens is 4. The number of nitrogens with zero attached hydrogens (tertiary/aromatic N) is 4. The van der Waals surface area contributed by atoms with Crippen molar-refractivity contribution in [2.75, 3.05) is 6.61 Å². The highest BCUT2D eigenvalue weighted by Gasteiger charge is 2.25. The van der Waals surface area contributed by atoms with Gasteiger partial charge in [0, 0.05) is 25.2 Å². The summed E-state index contributed by atoms with van der Waals surface area (Å²) in [6.45, 7) is 2.94. The molecule has 0 amide bonds. The minimum atomic E-state index is -0.404. The van der Waals surface area contributed by atoms with Crippen molar-refractivity contribution in [3.05, 3.63) is 62.5 Å². The fraction of sp³-hybridized carbons (Fsp3) is 0.429. The van der Waals surface area contributed by atoms with Crippen LogP contribution in [0, 0.1) is 5.82 Å². The molecule has 3 aromatic rings. The molecule has 158 valence electrons. The summed E-state index contributed by atoms with van der Waals surface area (Å²) < 4.78 is 26.6. The first-order valence-electron chi connectivity index (χ1n) is 10.2. The third-order valence-electron chi connectivity index (χ3n) is 5.18. The first-order chi connectivity index (χ1) is 14.6. The maximum atomic E-state index is 13.2. The first-order valence-corrected chi connectivity index (χ1v) is 10.2. The number of hydrogen-bond donors (Lipinski definition) is 0. The van der Waals surface area contributed by atoms with Gasteiger partial charge in [-0.05, 0) is 49.9 Å². The summed E-state index contributed by atoms with van der Waals surface area (Å²) in [5.41, 5.74) is 0.300. The van der Waals surface area contributed by atoms with Crippen LogP contribution in [-0.4, -0.2) is 25.9 Å². The van der Waals surface area contributed by atoms with Gasteiger partial charge in [0.1, 0.15) is 17.1 Å². The minimum absolute atomic E-state index is 0.199. The molecule has 0 fully saturated rings. The van der Waals surface area contributed by atoms with Crippen LogP contribution in [0.1, 0.15) is 37.8 Å². The van der Waals surface area contributed by atoms with Crippen molar-refractivity contribution >= 4 is 0 Å². The van der Waals surface area contributed by atoms with Gasteiger partial charge in [-0.3, -0.25) is 13.9 Å². The number of ether oxygens (including phenoxy) is 1. The summed E-state index contributed by atoms with van der Waals surface area (Å²) in [5, 5.41) is 3.97. The second kappa shape index (κ2) is 8.64. The van der Waals surface area contributed by atoms with E-state index in [1.165, 1.54) is 28.8 Å². The molecule has 8 nitrogen and oxygen atoms in total. The molecule has 0 aliphatic carbocycles. The largest absolute Gasteiger partial charge is 0.494 e. The lowest BCUT2D eigenvalue weighted by Crippen LogP contribution is -2.44. The molecule has 2 aromatic heterocycles. The highest BCUT2D eigenvalue weighted by Crippen LogP contribution is 2.22. The topological polar surface area (TPSA) is 92.2 Å². The molecule has 30 heavy (non-hydrogen) atoms. The normalized spacial score (nSPS) is 13.3. The smallest absolute Gasteiger partial charge is 0.331 e. The van der Waals surface area contributed by atoms with Gasteiger partial charge in [-0.1, -0.05) is 12.1 Å². The van der Waals surface area contributed by atoms with Crippen molar-refractivity contribution in [2.45, 2.75) is 52.1 Å². The maximum absolute atomic E-state index is 13.2. The van der Waals surface area contributed by atoms with Crippen molar-refractivity contribution in [1.82, 2.24) is 19.3 Å². The Morgan fingerprint density at radius 1 is 1.20 bits per heavy atom. The molecule has 0 atom stereocenters. The Labute approximate surface area is 171 Å². The van der Waals surface area contributed by atoms with E-state index in [4.69, 9.17) is 9.26 Å². The van der Waals surface area contributed by atoms with E-state index in [1.807, 2.05) is 6.92 Å². The molecule has 1 aliphatic rings. The predicted molar refractivity (Wildman–Crippen MR) is 107 cm³/mol. The lowest BCUT2D eigenvalue weighted by atomic mass is 10.0. The molecule has 3 heterocycles. The van der Waals surface area contributed by atoms with E-state index >= 15 is 0 Å². The van der Waals surface area contributed by atoms with Crippen molar-refractivity contribution in [3.63, 3.8) is 0 Å². The standard InChI is InChI=1S/C21H23FN4O4/c1-2-17-23-19(24-30-17)18-16-6-3-4-11-25(16)21(28)26(20(18)27)12-5-13-29-15-9-7-14(22)8-10-15/h7-10H,2-6,11-13H2,1H3. The summed E-state index contributed by atoms with van der Waals surface area (Å²) >= 11 is 0. The highest BCUT2D eigenvalue weighted by atomic mass is 19.1. The fourth-order valence-electron chi connectivity index (χ4n) is 3.66. The van der Waals surface area contributed by atoms with Crippen LogP contribution in [0.15, 0.2) is 38.4 Å². The fourth-order valence-corrected chi connectivity index (χ4v) is 3.66. The summed E-state index contributed by atoms with van der Waals surface area (Å²) in [4.78, 5) is 30.5. The molecule has 0 saturated carbocycles. The van der Waals surface area contributed by atoms with Gasteiger partial charge in [0.15, 0.2) is 0 Å². The van der Waals surface area contributed by atoms with E-state index < -0.39 is 5.56 Å². The van der Waals surface area contributed by atoms with Crippen LogP contribution in [0.3, 0.4) is 0 Å². The number of benzene rings is 1. The van der Waals surface area contributed by atoms with Crippen LogP contribution in [0.2, 0.25) is 0 Å². The molecule has 0 unspecified atom stereocenters. The van der Waals surface area contributed by atoms with E-state index in [-0.39, 0.29) is 30.5 Å². The lowest BCUT2D eigenvalue weighted by molar-refractivity contribution is 0.297. The first kappa shape index (κ1) is 20.1. The van der Waals surface area contributed by atoms with Gasteiger partial charge in [0.25, 0.3) is 5.56 Å². The molecule has 0 spiro atoms. The van der Waals surface area contributed by atoms with Gasteiger partial charge in [0.05, 0.1) is 6.61 Å². The van der Waals surface area contributed by atoms with Crippen molar-refractivity contribution in [2.24, 2.45) is 0 Å². The molecular weight excluding hydrogens is 391 g/mol. The van der Waals surface area contributed by atoms with Crippen LogP contribution in [0.5, 0.6) is 5.75 Å². The average Bonchev–Trinajstić information content (AvgIpc) is 3.23. The quantitative estimate of drug-likeness (QED) is 0.552. The Kier molecular flexibility index (Phi) is 5.78. The third kappa shape index (κ3) is 3.92. The van der Waals surface area contributed by atoms with E-state index in [2.05, 4.69) is 10.1 Å². The third-order valence-corrected chi connectivity index (χ3v) is 5.18. The maximum Gasteiger partial charge on any atom is 0.331 e. The number of hydrogen-bond acceptors (Lipinski definition) is 6. The zero-order valence-corrected chi connectivity index (χ0v) is 16.8. The Balaban J connectivity index is 1.61. The van der Waals surface area contributed by atoms with E-state index in [1.54, 1.807) is 4.57 Å². The number of fused-ring (bicyclic) bond motifs is 1. The van der Waals surface area contributed by atoms with Crippen molar-refractivity contribution < 1.29 is 13.7 Å². The second-order valence-corrected chi connectivity index (χ2v) is 7.19. The van der Waals surface area contributed by atoms with Gasteiger partial charge in [0.2, 0.25) is 11.7 Å². The van der Waals surface area contributed by atoms with E-state index in [0.29, 0.717) is 48.7 Å². The zero-order chi connectivity index (χ0) is 21.1. The van der Waals surface area contributed by atoms with Gasteiger partial charge in [-0.25, -0.2) is 9.18 Å². The van der Waals surface area contributed by atoms with Crippen molar-refractivity contribution in [3.8, 4) is 17.1 Å². The van der Waals surface area contributed by atoms with Gasteiger partial charge in [-0.15, -0.1) is 0 Å². The number of halogens is 1. The van der Waals surface area contributed by atoms with Crippen LogP contribution in [0.4, 0.5) is 4.39 Å². The van der Waals surface area contributed by atoms with Crippen LogP contribution in [-0.2, 0) is 25.9 Å². The zero-order valence-electron chi connectivity index (χ0n) is 16.8. The number of rotatable bonds is 7. The Morgan fingerprint density at radius 3 is 2.73 bits per heavy atom. The van der Waals surface area contributed by atoms with Gasteiger partial charge < -0.3 is 9.26 Å². The van der Waals surface area contributed by atoms with Crippen molar-refractivity contribution in [1.29, 1.82) is 0 Å². The molecular formula is C21H23FN4O4. The van der Waals surface area contributed by atoms with E-state index in [0.717, 1.165) is 12.8 Å². The predicted octanol–water partition coefficient (Wildman–Crippen LogP) is 2.57. The summed E-state index contributed by atoms with van der Waals surface area (Å²) in [7, 11) is 0. The SMILES string of the molecule is CCc1nc(-c2c3n(c(=O)n(CCCOc4ccc(F)cc4)c2=O)CCCC3)no1. The molecule has 0 bridgehead atoms. The van der Waals surface area contributed by atoms with Crippen LogP contribution >= 0.6 is 0 Å². The molecule has 9 heteroatoms. The lowest BCUT2D eigenvalue weighted by Gasteiger charge is -2.21. The Bertz CT molecular complexity index is 1150. The molecule has 0 radical (unpaired) electrons. The second-order valence-electron chi connectivity index (χ2n) is 7.19. The number of aryl methyl sites for hydroxylation is 1. The van der Waals surface area contributed by atoms with Gasteiger partial charge in [-0.2, -0.15) is 4.98 Å². The molecule has 0 N–H and O–H groups in total. The Morgan fingerprint density at radius 2 is 2.00 bits per heavy atom. The molecule has 1 aromatic carbocycles. The monoisotopic (exact) mass is 414 g/mol. The van der Waals surface area contributed by atoms with Crippen LogP contribution < -0.4 is 16.0 Å². The minimum Gasteiger partial charge on any atom is -0.494 e. The van der Waals surface area contributed by atoms with Crippen LogP contribution in [0.25, 0.3) is 11.4 Å². The summed E-state index contributed by atoms with van der Waals surface area (Å²) in [5.74, 6) is 0.880.